The molecule has 0 atom stereocenters. The van der Waals surface area contributed by atoms with Crippen LogP contribution < -0.4 is 5.32 Å². The number of hydrogen-bond acceptors (Lipinski definition) is 3. The number of carbonyl (C=O) groups is 1. The third-order valence-electron chi connectivity index (χ3n) is 2.89. The molecule has 1 aromatic heterocycles. The van der Waals surface area contributed by atoms with Gasteiger partial charge >= 0.3 is 0 Å². The van der Waals surface area contributed by atoms with Gasteiger partial charge < -0.3 is 0 Å². The lowest BCUT2D eigenvalue weighted by atomic mass is 10.1. The quantitative estimate of drug-likeness (QED) is 0.904. The zero-order valence-corrected chi connectivity index (χ0v) is 13.5. The van der Waals surface area contributed by atoms with Crippen LogP contribution >= 0.6 is 27.3 Å². The minimum Gasteiger partial charge on any atom is -0.298 e. The molecule has 100 valence electrons. The summed E-state index contributed by atoms with van der Waals surface area (Å²) in [6.07, 6.45) is 0.883. The van der Waals surface area contributed by atoms with Gasteiger partial charge in [-0.1, -0.05) is 28.9 Å². The summed E-state index contributed by atoms with van der Waals surface area (Å²) in [7, 11) is 0. The Morgan fingerprint density at radius 3 is 2.79 bits per heavy atom. The smallest absolute Gasteiger partial charge is 0.257 e. The van der Waals surface area contributed by atoms with Crippen LogP contribution in [0.25, 0.3) is 0 Å². The Morgan fingerprint density at radius 1 is 1.42 bits per heavy atom. The summed E-state index contributed by atoms with van der Waals surface area (Å²) in [6, 6.07) is 5.67. The first-order chi connectivity index (χ1) is 9.01. The Kier molecular flexibility index (Phi) is 4.37. The van der Waals surface area contributed by atoms with E-state index < -0.39 is 0 Å². The molecule has 2 aromatic rings. The number of aromatic nitrogens is 1. The number of nitrogens with one attached hydrogen (secondary N) is 1. The number of amides is 1. The van der Waals surface area contributed by atoms with Gasteiger partial charge in [-0.25, -0.2) is 4.98 Å². The van der Waals surface area contributed by atoms with Crippen LogP contribution in [0.4, 0.5) is 5.13 Å². The van der Waals surface area contributed by atoms with E-state index in [9.17, 15) is 4.79 Å². The van der Waals surface area contributed by atoms with Crippen LogP contribution in [-0.2, 0) is 6.42 Å². The summed E-state index contributed by atoms with van der Waals surface area (Å²) in [5, 5.41) is 3.53. The average Bonchev–Trinajstić information content (AvgIpc) is 2.72. The maximum atomic E-state index is 12.2. The Morgan fingerprint density at radius 2 is 2.16 bits per heavy atom. The van der Waals surface area contributed by atoms with Gasteiger partial charge in [-0.05, 0) is 38.0 Å². The number of benzene rings is 1. The van der Waals surface area contributed by atoms with Crippen LogP contribution in [-0.4, -0.2) is 10.9 Å². The number of thiazole rings is 1. The monoisotopic (exact) mass is 338 g/mol. The minimum atomic E-state index is -0.116. The maximum Gasteiger partial charge on any atom is 0.257 e. The van der Waals surface area contributed by atoms with E-state index in [1.165, 1.54) is 11.3 Å². The molecule has 0 bridgehead atoms. The van der Waals surface area contributed by atoms with Gasteiger partial charge in [0, 0.05) is 14.9 Å². The van der Waals surface area contributed by atoms with Crippen molar-refractivity contribution in [1.29, 1.82) is 0 Å². The average molecular weight is 339 g/mol. The highest BCUT2D eigenvalue weighted by atomic mass is 79.9. The van der Waals surface area contributed by atoms with Crippen molar-refractivity contribution in [2.45, 2.75) is 27.2 Å². The number of anilines is 1. The van der Waals surface area contributed by atoms with Gasteiger partial charge in [-0.3, -0.25) is 10.1 Å². The number of nitrogens with zero attached hydrogens (tertiary/aromatic N) is 1. The summed E-state index contributed by atoms with van der Waals surface area (Å²) in [5.41, 5.74) is 2.66. The van der Waals surface area contributed by atoms with Crippen LogP contribution in [0, 0.1) is 13.8 Å². The van der Waals surface area contributed by atoms with Gasteiger partial charge in [-0.15, -0.1) is 11.3 Å². The van der Waals surface area contributed by atoms with E-state index in [1.54, 1.807) is 0 Å². The van der Waals surface area contributed by atoms with E-state index in [2.05, 4.69) is 33.2 Å². The van der Waals surface area contributed by atoms with E-state index in [0.717, 1.165) is 27.0 Å². The highest BCUT2D eigenvalue weighted by Gasteiger charge is 2.13. The topological polar surface area (TPSA) is 42.0 Å². The molecule has 0 saturated heterocycles. The first kappa shape index (κ1) is 14.2. The first-order valence-corrected chi connectivity index (χ1v) is 7.66. The Hall–Kier alpha value is -1.20. The molecule has 0 saturated carbocycles. The number of rotatable bonds is 3. The van der Waals surface area contributed by atoms with Crippen LogP contribution in [0.15, 0.2) is 22.7 Å². The molecule has 5 heteroatoms. The maximum absolute atomic E-state index is 12.2. The largest absolute Gasteiger partial charge is 0.298 e. The van der Waals surface area contributed by atoms with Crippen molar-refractivity contribution in [3.05, 3.63) is 44.4 Å². The molecule has 0 aliphatic heterocycles. The molecular weight excluding hydrogens is 324 g/mol. The van der Waals surface area contributed by atoms with Gasteiger partial charge in [0.2, 0.25) is 0 Å². The lowest BCUT2D eigenvalue weighted by Gasteiger charge is -2.05. The van der Waals surface area contributed by atoms with Crippen molar-refractivity contribution < 1.29 is 4.79 Å². The molecule has 19 heavy (non-hydrogen) atoms. The van der Waals surface area contributed by atoms with Crippen molar-refractivity contribution >= 4 is 38.3 Å². The molecule has 0 aliphatic rings. The molecule has 1 N–H and O–H groups in total. The van der Waals surface area contributed by atoms with Crippen molar-refractivity contribution in [2.75, 3.05) is 5.32 Å². The Balaban J connectivity index is 2.22. The molecule has 0 spiro atoms. The predicted molar refractivity (Wildman–Crippen MR) is 83.1 cm³/mol. The van der Waals surface area contributed by atoms with E-state index in [1.807, 2.05) is 32.0 Å². The van der Waals surface area contributed by atoms with Crippen molar-refractivity contribution in [3.63, 3.8) is 0 Å². The second-order valence-electron chi connectivity index (χ2n) is 4.29. The fourth-order valence-corrected chi connectivity index (χ4v) is 3.07. The number of hydrogen-bond donors (Lipinski definition) is 1. The summed E-state index contributed by atoms with van der Waals surface area (Å²) in [4.78, 5) is 17.8. The fraction of sp³-hybridized carbons (Fsp3) is 0.286. The summed E-state index contributed by atoms with van der Waals surface area (Å²) < 4.78 is 0.896. The molecule has 2 rings (SSSR count). The van der Waals surface area contributed by atoms with Crippen molar-refractivity contribution in [2.24, 2.45) is 0 Å². The van der Waals surface area contributed by atoms with E-state index in [4.69, 9.17) is 0 Å². The first-order valence-electron chi connectivity index (χ1n) is 6.05. The van der Waals surface area contributed by atoms with E-state index in [-0.39, 0.29) is 5.91 Å². The highest BCUT2D eigenvalue weighted by Crippen LogP contribution is 2.24. The van der Waals surface area contributed by atoms with Gasteiger partial charge in [0.15, 0.2) is 5.13 Å². The second kappa shape index (κ2) is 5.84. The Labute approximate surface area is 125 Å². The number of halogens is 1. The van der Waals surface area contributed by atoms with Crippen LogP contribution in [0.5, 0.6) is 0 Å². The van der Waals surface area contributed by atoms with Crippen LogP contribution in [0.1, 0.15) is 33.4 Å². The molecule has 0 radical (unpaired) electrons. The van der Waals surface area contributed by atoms with E-state index >= 15 is 0 Å². The molecule has 0 unspecified atom stereocenters. The van der Waals surface area contributed by atoms with E-state index in [0.29, 0.717) is 10.7 Å². The minimum absolute atomic E-state index is 0.116. The standard InChI is InChI=1S/C14H15BrN2OS/c1-4-12-9(3)19-14(16-12)17-13(18)11-7-10(15)6-5-8(11)2/h5-7H,4H2,1-3H3,(H,16,17,18). The second-order valence-corrected chi connectivity index (χ2v) is 6.41. The Bertz CT molecular complexity index is 622. The number of aryl methyl sites for hydroxylation is 3. The highest BCUT2D eigenvalue weighted by molar-refractivity contribution is 9.10. The van der Waals surface area contributed by atoms with Gasteiger partial charge in [0.05, 0.1) is 5.69 Å². The molecule has 1 aromatic carbocycles. The van der Waals surface area contributed by atoms with Crippen molar-refractivity contribution in [1.82, 2.24) is 4.98 Å². The van der Waals surface area contributed by atoms with Crippen molar-refractivity contribution in [3.8, 4) is 0 Å². The fourth-order valence-electron chi connectivity index (χ4n) is 1.81. The molecule has 3 nitrogen and oxygen atoms in total. The zero-order valence-electron chi connectivity index (χ0n) is 11.1. The van der Waals surface area contributed by atoms with Gasteiger partial charge in [0.1, 0.15) is 0 Å². The van der Waals surface area contributed by atoms with Crippen LogP contribution in [0.3, 0.4) is 0 Å². The van der Waals surface area contributed by atoms with Crippen LogP contribution in [0.2, 0.25) is 0 Å². The summed E-state index contributed by atoms with van der Waals surface area (Å²) >= 11 is 4.90. The molecule has 1 amide bonds. The number of carbonyl (C=O) groups excluding carboxylic acids is 1. The third kappa shape index (κ3) is 3.22. The predicted octanol–water partition coefficient (Wildman–Crippen LogP) is 4.34. The zero-order chi connectivity index (χ0) is 14.0. The summed E-state index contributed by atoms with van der Waals surface area (Å²) in [5.74, 6) is -0.116. The van der Waals surface area contributed by atoms with Gasteiger partial charge in [0.25, 0.3) is 5.91 Å². The molecule has 1 heterocycles. The molecular formula is C14H15BrN2OS. The van der Waals surface area contributed by atoms with Gasteiger partial charge in [-0.2, -0.15) is 0 Å². The molecule has 0 fully saturated rings. The lowest BCUT2D eigenvalue weighted by molar-refractivity contribution is 0.102. The third-order valence-corrected chi connectivity index (χ3v) is 4.31. The normalized spacial score (nSPS) is 10.5. The molecule has 0 aliphatic carbocycles. The lowest BCUT2D eigenvalue weighted by Crippen LogP contribution is -2.13. The SMILES string of the molecule is CCc1nc(NC(=O)c2cc(Br)ccc2C)sc1C. The summed E-state index contributed by atoms with van der Waals surface area (Å²) in [6.45, 7) is 6.01.